The van der Waals surface area contributed by atoms with E-state index >= 15 is 0 Å². The summed E-state index contributed by atoms with van der Waals surface area (Å²) in [5.41, 5.74) is 13.3. The van der Waals surface area contributed by atoms with Crippen LogP contribution in [0.4, 0.5) is 0 Å². The molecular formula is C25H33N3O3. The predicted octanol–water partition coefficient (Wildman–Crippen LogP) is 2.85. The fraction of sp³-hybridized carbons (Fsp3) is 0.480. The summed E-state index contributed by atoms with van der Waals surface area (Å²) in [6, 6.07) is 11.2. The zero-order valence-electron chi connectivity index (χ0n) is 18.9. The van der Waals surface area contributed by atoms with Crippen LogP contribution in [0.3, 0.4) is 0 Å². The van der Waals surface area contributed by atoms with Gasteiger partial charge in [0.05, 0.1) is 7.11 Å². The number of aryl methyl sites for hydroxylation is 2. The number of benzene rings is 2. The van der Waals surface area contributed by atoms with E-state index in [9.17, 15) is 4.79 Å². The van der Waals surface area contributed by atoms with Crippen molar-refractivity contribution < 1.29 is 14.3 Å². The topological polar surface area (TPSA) is 76.8 Å². The van der Waals surface area contributed by atoms with Gasteiger partial charge >= 0.3 is 0 Å². The van der Waals surface area contributed by atoms with E-state index in [2.05, 4.69) is 48.3 Å². The quantitative estimate of drug-likeness (QED) is 0.773. The van der Waals surface area contributed by atoms with Crippen LogP contribution in [0.5, 0.6) is 11.5 Å². The lowest BCUT2D eigenvalue weighted by molar-refractivity contribution is -0.122. The van der Waals surface area contributed by atoms with Gasteiger partial charge in [0.1, 0.15) is 0 Å². The lowest BCUT2D eigenvalue weighted by atomic mass is 9.77. The lowest BCUT2D eigenvalue weighted by Crippen LogP contribution is -2.49. The molecule has 3 N–H and O–H groups in total. The number of hydrogen-bond acceptors (Lipinski definition) is 5. The number of piperidine rings is 1. The molecule has 2 heterocycles. The number of rotatable bonds is 5. The van der Waals surface area contributed by atoms with Crippen molar-refractivity contribution in [1.82, 2.24) is 10.2 Å². The number of amides is 1. The zero-order chi connectivity index (χ0) is 22.1. The Morgan fingerprint density at radius 1 is 1.19 bits per heavy atom. The second kappa shape index (κ2) is 8.89. The molecule has 2 aliphatic rings. The van der Waals surface area contributed by atoms with E-state index < -0.39 is 0 Å². The average Bonchev–Trinajstić information content (AvgIpc) is 2.78. The number of nitrogens with one attached hydrogen (secondary N) is 1. The highest BCUT2D eigenvalue weighted by Gasteiger charge is 2.39. The number of fused-ring (bicyclic) bond motifs is 3. The lowest BCUT2D eigenvalue weighted by Gasteiger charge is -2.46. The van der Waals surface area contributed by atoms with Crippen molar-refractivity contribution in [2.24, 2.45) is 5.73 Å². The van der Waals surface area contributed by atoms with Crippen molar-refractivity contribution >= 4 is 5.91 Å². The molecule has 1 fully saturated rings. The van der Waals surface area contributed by atoms with E-state index in [-0.39, 0.29) is 24.6 Å². The summed E-state index contributed by atoms with van der Waals surface area (Å²) in [5.74, 6) is 1.46. The highest BCUT2D eigenvalue weighted by atomic mass is 16.5. The molecule has 0 bridgehead atoms. The number of nitrogens with zero attached hydrogens (tertiary/aromatic N) is 1. The summed E-state index contributed by atoms with van der Waals surface area (Å²) < 4.78 is 11.3. The van der Waals surface area contributed by atoms with E-state index in [4.69, 9.17) is 15.2 Å². The van der Waals surface area contributed by atoms with E-state index in [1.165, 1.54) is 27.8 Å². The normalized spacial score (nSPS) is 22.9. The van der Waals surface area contributed by atoms with Crippen LogP contribution >= 0.6 is 0 Å². The molecule has 0 saturated carbocycles. The Labute approximate surface area is 184 Å². The van der Waals surface area contributed by atoms with Gasteiger partial charge in [-0.15, -0.1) is 0 Å². The van der Waals surface area contributed by atoms with Crippen LogP contribution in [0.1, 0.15) is 46.2 Å². The number of ether oxygens (including phenoxy) is 2. The van der Waals surface area contributed by atoms with Crippen molar-refractivity contribution in [2.45, 2.75) is 44.7 Å². The van der Waals surface area contributed by atoms with Crippen molar-refractivity contribution in [1.29, 1.82) is 0 Å². The standard InChI is InChI=1S/C25H33N3O3/c1-15-5-6-16(2)18(9-15)20-13-28-8-7-17-10-24(31-14-25(29)27-3)23(30-4)11-19(17)22(28)12-21(20)26/h5-6,9-11,20-22H,7-8,12-14,26H2,1-4H3,(H,27,29)/t20-,21+,22+/m1/s1. The maximum atomic E-state index is 11.6. The van der Waals surface area contributed by atoms with Gasteiger partial charge in [0, 0.05) is 38.1 Å². The summed E-state index contributed by atoms with van der Waals surface area (Å²) in [5, 5.41) is 2.58. The molecule has 2 aliphatic heterocycles. The van der Waals surface area contributed by atoms with E-state index in [0.29, 0.717) is 17.4 Å². The Hall–Kier alpha value is -2.57. The molecule has 0 spiro atoms. The smallest absolute Gasteiger partial charge is 0.257 e. The molecule has 166 valence electrons. The molecule has 1 amide bonds. The van der Waals surface area contributed by atoms with Crippen molar-refractivity contribution in [3.8, 4) is 11.5 Å². The third-order valence-electron chi connectivity index (χ3n) is 6.81. The van der Waals surface area contributed by atoms with Gasteiger partial charge in [0.25, 0.3) is 5.91 Å². The Kier molecular flexibility index (Phi) is 6.21. The first-order valence-corrected chi connectivity index (χ1v) is 11.0. The van der Waals surface area contributed by atoms with Crippen LogP contribution < -0.4 is 20.5 Å². The van der Waals surface area contributed by atoms with E-state index in [1.54, 1.807) is 14.2 Å². The third kappa shape index (κ3) is 4.27. The Bertz CT molecular complexity index is 975. The van der Waals surface area contributed by atoms with E-state index in [0.717, 1.165) is 25.9 Å². The first-order valence-electron chi connectivity index (χ1n) is 11.0. The highest BCUT2D eigenvalue weighted by Crippen LogP contribution is 2.44. The number of hydrogen-bond donors (Lipinski definition) is 2. The zero-order valence-corrected chi connectivity index (χ0v) is 18.9. The van der Waals surface area contributed by atoms with Crippen LogP contribution in [0.2, 0.25) is 0 Å². The number of carbonyl (C=O) groups excluding carboxylic acids is 1. The first kappa shape index (κ1) is 21.7. The minimum atomic E-state index is -0.165. The van der Waals surface area contributed by atoms with E-state index in [1.807, 2.05) is 6.07 Å². The van der Waals surface area contributed by atoms with Gasteiger partial charge in [-0.25, -0.2) is 0 Å². The van der Waals surface area contributed by atoms with Gasteiger partial charge in [0.2, 0.25) is 0 Å². The molecule has 2 aromatic carbocycles. The Morgan fingerprint density at radius 3 is 2.74 bits per heavy atom. The van der Waals surface area contributed by atoms with Crippen molar-refractivity contribution in [2.75, 3.05) is 33.9 Å². The molecule has 6 nitrogen and oxygen atoms in total. The summed E-state index contributed by atoms with van der Waals surface area (Å²) >= 11 is 0. The number of carbonyl (C=O) groups is 1. The maximum absolute atomic E-state index is 11.6. The summed E-state index contributed by atoms with van der Waals surface area (Å²) in [6.45, 7) is 6.26. The van der Waals surface area contributed by atoms with Gasteiger partial charge < -0.3 is 20.5 Å². The molecule has 6 heteroatoms. The molecule has 3 atom stereocenters. The number of methoxy groups -OCH3 is 1. The molecule has 0 radical (unpaired) electrons. The minimum Gasteiger partial charge on any atom is -0.493 e. The largest absolute Gasteiger partial charge is 0.493 e. The number of likely N-dealkylation sites (N-methyl/N-ethyl adjacent to an activating group) is 1. The fourth-order valence-corrected chi connectivity index (χ4v) is 5.04. The molecular weight excluding hydrogens is 390 g/mol. The SMILES string of the molecule is CNC(=O)COc1cc2c(cc1OC)[C@@H]1C[C@H](N)[C@@H](c3cc(C)ccc3C)CN1CC2. The summed E-state index contributed by atoms with van der Waals surface area (Å²) in [7, 11) is 3.24. The Morgan fingerprint density at radius 2 is 2.00 bits per heavy atom. The van der Waals surface area contributed by atoms with Gasteiger partial charge in [-0.2, -0.15) is 0 Å². The molecule has 1 saturated heterocycles. The first-order chi connectivity index (χ1) is 14.9. The summed E-state index contributed by atoms with van der Waals surface area (Å²) in [6.07, 6.45) is 1.85. The third-order valence-corrected chi connectivity index (χ3v) is 6.81. The van der Waals surface area contributed by atoms with Crippen LogP contribution in [0, 0.1) is 13.8 Å². The van der Waals surface area contributed by atoms with Crippen LogP contribution in [-0.4, -0.2) is 50.7 Å². The predicted molar refractivity (Wildman–Crippen MR) is 122 cm³/mol. The van der Waals surface area contributed by atoms with Crippen LogP contribution in [0.25, 0.3) is 0 Å². The van der Waals surface area contributed by atoms with Gasteiger partial charge in [0.15, 0.2) is 18.1 Å². The molecule has 31 heavy (non-hydrogen) atoms. The average molecular weight is 424 g/mol. The van der Waals surface area contributed by atoms with Gasteiger partial charge in [-0.05, 0) is 61.1 Å². The molecule has 0 aliphatic carbocycles. The minimum absolute atomic E-state index is 0.0242. The molecule has 0 aromatic heterocycles. The monoisotopic (exact) mass is 423 g/mol. The molecule has 2 aromatic rings. The highest BCUT2D eigenvalue weighted by molar-refractivity contribution is 5.77. The fourth-order valence-electron chi connectivity index (χ4n) is 5.04. The second-order valence-electron chi connectivity index (χ2n) is 8.79. The van der Waals surface area contributed by atoms with Gasteiger partial charge in [-0.3, -0.25) is 9.69 Å². The van der Waals surface area contributed by atoms with Gasteiger partial charge in [-0.1, -0.05) is 23.8 Å². The Balaban J connectivity index is 1.59. The molecule has 0 unspecified atom stereocenters. The van der Waals surface area contributed by atoms with Crippen LogP contribution in [-0.2, 0) is 11.2 Å². The summed E-state index contributed by atoms with van der Waals surface area (Å²) in [4.78, 5) is 14.2. The van der Waals surface area contributed by atoms with Crippen molar-refractivity contribution in [3.63, 3.8) is 0 Å². The van der Waals surface area contributed by atoms with Crippen LogP contribution in [0.15, 0.2) is 30.3 Å². The number of nitrogens with two attached hydrogens (primary N) is 1. The van der Waals surface area contributed by atoms with Crippen molar-refractivity contribution in [3.05, 3.63) is 58.1 Å². The molecule has 4 rings (SSSR count). The second-order valence-corrected chi connectivity index (χ2v) is 8.79. The maximum Gasteiger partial charge on any atom is 0.257 e.